The Morgan fingerprint density at radius 3 is 2.37 bits per heavy atom. The molecule has 4 rings (SSSR count). The minimum Gasteiger partial charge on any atom is -0.353 e. The van der Waals surface area contributed by atoms with Crippen molar-refractivity contribution in [2.75, 3.05) is 42.9 Å². The van der Waals surface area contributed by atoms with Gasteiger partial charge in [0.2, 0.25) is 0 Å². The Morgan fingerprint density at radius 2 is 1.70 bits per heavy atom. The van der Waals surface area contributed by atoms with Crippen molar-refractivity contribution in [3.05, 3.63) is 71.9 Å². The topological polar surface area (TPSA) is 61.4 Å². The van der Waals surface area contributed by atoms with Crippen molar-refractivity contribution in [2.45, 2.75) is 13.8 Å². The number of rotatable bonds is 5. The molecule has 0 unspecified atom stereocenters. The maximum atomic E-state index is 13.1. The molecule has 6 nitrogen and oxygen atoms in total. The molecular weight excluding hydrogens is 374 g/mol. The smallest absolute Gasteiger partial charge is 0.261 e. The average molecular weight is 402 g/mol. The lowest BCUT2D eigenvalue weighted by molar-refractivity contribution is 0.102. The Labute approximate surface area is 177 Å². The Morgan fingerprint density at radius 1 is 1.00 bits per heavy atom. The molecule has 2 heterocycles. The van der Waals surface area contributed by atoms with Crippen LogP contribution in [0.3, 0.4) is 0 Å². The first-order valence-corrected chi connectivity index (χ1v) is 10.4. The molecule has 0 radical (unpaired) electrons. The van der Waals surface area contributed by atoms with E-state index in [1.807, 2.05) is 61.5 Å². The first-order chi connectivity index (χ1) is 14.6. The van der Waals surface area contributed by atoms with Crippen molar-refractivity contribution in [1.29, 1.82) is 0 Å². The van der Waals surface area contributed by atoms with E-state index < -0.39 is 0 Å². The van der Waals surface area contributed by atoms with Gasteiger partial charge in [0.25, 0.3) is 5.91 Å². The number of hydrogen-bond acceptors (Lipinski definition) is 5. The number of hydrogen-bond donors (Lipinski definition) is 1. The van der Waals surface area contributed by atoms with Gasteiger partial charge in [-0.3, -0.25) is 4.79 Å². The first-order valence-electron chi connectivity index (χ1n) is 10.4. The normalized spacial score (nSPS) is 14.5. The zero-order valence-electron chi connectivity index (χ0n) is 17.5. The summed E-state index contributed by atoms with van der Waals surface area (Å²) < 4.78 is 0. The number of nitrogens with zero attached hydrogens (tertiary/aromatic N) is 4. The molecule has 30 heavy (non-hydrogen) atoms. The summed E-state index contributed by atoms with van der Waals surface area (Å²) >= 11 is 0. The average Bonchev–Trinajstić information content (AvgIpc) is 2.81. The van der Waals surface area contributed by atoms with Crippen LogP contribution in [0.1, 0.15) is 22.8 Å². The lowest BCUT2D eigenvalue weighted by Crippen LogP contribution is -2.47. The fraction of sp³-hybridized carbons (Fsp3) is 0.292. The number of benzene rings is 2. The summed E-state index contributed by atoms with van der Waals surface area (Å²) in [7, 11) is 0. The lowest BCUT2D eigenvalue weighted by Gasteiger charge is -2.35. The molecule has 0 bridgehead atoms. The molecule has 0 saturated carbocycles. The van der Waals surface area contributed by atoms with E-state index in [9.17, 15) is 4.79 Å². The van der Waals surface area contributed by atoms with Crippen molar-refractivity contribution >= 4 is 17.4 Å². The van der Waals surface area contributed by atoms with Crippen molar-refractivity contribution in [3.8, 4) is 11.4 Å². The molecule has 0 spiro atoms. The van der Waals surface area contributed by atoms with Crippen molar-refractivity contribution in [1.82, 2.24) is 14.9 Å². The van der Waals surface area contributed by atoms with Crippen LogP contribution >= 0.6 is 0 Å². The molecule has 1 fully saturated rings. The van der Waals surface area contributed by atoms with E-state index in [0.717, 1.165) is 49.5 Å². The van der Waals surface area contributed by atoms with Gasteiger partial charge in [0.05, 0.1) is 0 Å². The summed E-state index contributed by atoms with van der Waals surface area (Å²) in [5, 5.41) is 2.99. The van der Waals surface area contributed by atoms with E-state index in [1.165, 1.54) is 0 Å². The summed E-state index contributed by atoms with van der Waals surface area (Å²) in [5.74, 6) is 1.14. The van der Waals surface area contributed by atoms with Crippen LogP contribution in [0.2, 0.25) is 0 Å². The summed E-state index contributed by atoms with van der Waals surface area (Å²) in [4.78, 5) is 27.0. The van der Waals surface area contributed by atoms with E-state index in [-0.39, 0.29) is 5.91 Å². The van der Waals surface area contributed by atoms with E-state index in [0.29, 0.717) is 17.2 Å². The highest BCUT2D eigenvalue weighted by molar-refractivity contribution is 6.07. The molecule has 1 amide bonds. The van der Waals surface area contributed by atoms with Gasteiger partial charge < -0.3 is 15.1 Å². The third-order valence-corrected chi connectivity index (χ3v) is 5.47. The minimum absolute atomic E-state index is 0.189. The van der Waals surface area contributed by atoms with Crippen LogP contribution in [0.4, 0.5) is 11.5 Å². The van der Waals surface area contributed by atoms with Gasteiger partial charge >= 0.3 is 0 Å². The van der Waals surface area contributed by atoms with Crippen molar-refractivity contribution < 1.29 is 4.79 Å². The highest BCUT2D eigenvalue weighted by Gasteiger charge is 2.24. The van der Waals surface area contributed by atoms with Crippen LogP contribution in [-0.2, 0) is 0 Å². The number of aryl methyl sites for hydroxylation is 1. The highest BCUT2D eigenvalue weighted by Crippen LogP contribution is 2.24. The van der Waals surface area contributed by atoms with Crippen LogP contribution in [-0.4, -0.2) is 53.5 Å². The second-order valence-electron chi connectivity index (χ2n) is 7.54. The molecule has 6 heteroatoms. The number of aromatic nitrogens is 2. The molecule has 0 aliphatic carbocycles. The fourth-order valence-electron chi connectivity index (χ4n) is 3.61. The van der Waals surface area contributed by atoms with Crippen LogP contribution < -0.4 is 10.2 Å². The van der Waals surface area contributed by atoms with Gasteiger partial charge in [-0.05, 0) is 25.6 Å². The monoisotopic (exact) mass is 401 g/mol. The number of nitrogens with one attached hydrogen (secondary N) is 1. The Balaban J connectivity index is 1.66. The van der Waals surface area contributed by atoms with Crippen LogP contribution in [0.25, 0.3) is 11.4 Å². The van der Waals surface area contributed by atoms with Crippen molar-refractivity contribution in [3.63, 3.8) is 0 Å². The molecule has 1 aromatic heterocycles. The van der Waals surface area contributed by atoms with Gasteiger partial charge in [0.15, 0.2) is 5.82 Å². The van der Waals surface area contributed by atoms with Gasteiger partial charge in [-0.25, -0.2) is 9.97 Å². The third-order valence-electron chi connectivity index (χ3n) is 5.47. The molecule has 2 aromatic carbocycles. The summed E-state index contributed by atoms with van der Waals surface area (Å²) in [5.41, 5.74) is 3.36. The molecule has 1 aliphatic rings. The number of piperazine rings is 1. The number of amides is 1. The second-order valence-corrected chi connectivity index (χ2v) is 7.54. The number of carbonyl (C=O) groups excluding carboxylic acids is 1. The molecular formula is C24H27N5O. The van der Waals surface area contributed by atoms with E-state index in [2.05, 4.69) is 27.0 Å². The molecule has 154 valence electrons. The largest absolute Gasteiger partial charge is 0.353 e. The maximum absolute atomic E-state index is 13.1. The van der Waals surface area contributed by atoms with E-state index in [4.69, 9.17) is 4.98 Å². The van der Waals surface area contributed by atoms with E-state index >= 15 is 0 Å². The highest BCUT2D eigenvalue weighted by atomic mass is 16.1. The Kier molecular flexibility index (Phi) is 6.05. The molecule has 1 N–H and O–H groups in total. The van der Waals surface area contributed by atoms with Crippen LogP contribution in [0, 0.1) is 6.92 Å². The van der Waals surface area contributed by atoms with Gasteiger partial charge in [0, 0.05) is 43.6 Å². The quantitative estimate of drug-likeness (QED) is 0.704. The maximum Gasteiger partial charge on any atom is 0.261 e. The number of anilines is 2. The molecule has 1 saturated heterocycles. The predicted octanol–water partition coefficient (Wildman–Crippen LogP) is 3.85. The predicted molar refractivity (Wildman–Crippen MR) is 121 cm³/mol. The van der Waals surface area contributed by atoms with Crippen LogP contribution in [0.15, 0.2) is 60.8 Å². The Hall–Kier alpha value is -3.25. The zero-order chi connectivity index (χ0) is 20.9. The number of likely N-dealkylation sites (N-methyl/N-ethyl adjacent to an activating group) is 1. The van der Waals surface area contributed by atoms with E-state index in [1.54, 1.807) is 6.20 Å². The SMILES string of the molecule is CCN1CCN(c2nc(-c3ccccc3)ncc2C(=O)Nc2ccc(C)cc2)CC1. The van der Waals surface area contributed by atoms with Crippen molar-refractivity contribution in [2.24, 2.45) is 0 Å². The molecule has 3 aromatic rings. The van der Waals surface area contributed by atoms with Gasteiger partial charge in [-0.1, -0.05) is 55.0 Å². The summed E-state index contributed by atoms with van der Waals surface area (Å²) in [6.45, 7) is 8.83. The summed E-state index contributed by atoms with van der Waals surface area (Å²) in [6, 6.07) is 17.7. The third kappa shape index (κ3) is 4.49. The Bertz CT molecular complexity index is 996. The van der Waals surface area contributed by atoms with Gasteiger partial charge in [-0.2, -0.15) is 0 Å². The first kappa shape index (κ1) is 20.0. The van der Waals surface area contributed by atoms with Crippen LogP contribution in [0.5, 0.6) is 0 Å². The lowest BCUT2D eigenvalue weighted by atomic mass is 10.1. The second kappa shape index (κ2) is 9.05. The van der Waals surface area contributed by atoms with Gasteiger partial charge in [0.1, 0.15) is 11.4 Å². The minimum atomic E-state index is -0.189. The fourth-order valence-corrected chi connectivity index (χ4v) is 3.61. The standard InChI is InChI=1S/C24H27N5O/c1-3-28-13-15-29(16-14-28)23-21(24(30)26-20-11-9-18(2)10-12-20)17-25-22(27-23)19-7-5-4-6-8-19/h4-12,17H,3,13-16H2,1-2H3,(H,26,30). The zero-order valence-corrected chi connectivity index (χ0v) is 17.5. The molecule has 1 aliphatic heterocycles. The summed E-state index contributed by atoms with van der Waals surface area (Å²) in [6.07, 6.45) is 1.65. The van der Waals surface area contributed by atoms with Gasteiger partial charge in [-0.15, -0.1) is 0 Å². The number of carbonyl (C=O) groups is 1. The molecule has 0 atom stereocenters.